The summed E-state index contributed by atoms with van der Waals surface area (Å²) in [7, 11) is 0. The first-order chi connectivity index (χ1) is 16.5. The number of nitrogens with two attached hydrogens (primary N) is 1. The van der Waals surface area contributed by atoms with Gasteiger partial charge in [-0.05, 0) is 42.2 Å². The van der Waals surface area contributed by atoms with Crippen LogP contribution in [-0.4, -0.2) is 40.0 Å². The van der Waals surface area contributed by atoms with E-state index in [1.165, 1.54) is 5.56 Å². The molecule has 0 atom stereocenters. The molecule has 3 aromatic rings. The van der Waals surface area contributed by atoms with Crippen LogP contribution in [0.2, 0.25) is 10.0 Å². The standard InChI is InChI=1S/C24H24Cl2N7O/c25-20-2-1-3-21(22(20)26)33-24(29-30-31-33)19-12-17(13-28-23(19)27)16-6-4-15(5-7-16)14-32-10-8-18(34)9-11-32/h1-7,12-13,18,31,34H,8-11,14H2,(H2,27,28)/q-1. The maximum atomic E-state index is 9.71. The number of nitrogens with zero attached hydrogens (tertiary/aromatic N) is 5. The number of hydrogen-bond acceptors (Lipinski definition) is 7. The molecule has 1 saturated heterocycles. The minimum absolute atomic E-state index is 0.163. The number of hydrogen-bond donors (Lipinski definition) is 3. The van der Waals surface area contributed by atoms with E-state index in [1.54, 1.807) is 23.3 Å². The lowest BCUT2D eigenvalue weighted by Crippen LogP contribution is -2.36. The Labute approximate surface area is 207 Å². The molecule has 0 radical (unpaired) electrons. The van der Waals surface area contributed by atoms with Crippen molar-refractivity contribution in [1.29, 1.82) is 0 Å². The van der Waals surface area contributed by atoms with Gasteiger partial charge in [-0.1, -0.05) is 53.5 Å². The van der Waals surface area contributed by atoms with Crippen molar-refractivity contribution in [1.82, 2.24) is 15.4 Å². The molecule has 4 N–H and O–H groups in total. The summed E-state index contributed by atoms with van der Waals surface area (Å²) in [6.07, 6.45) is 3.25. The van der Waals surface area contributed by atoms with Gasteiger partial charge in [0, 0.05) is 31.4 Å². The Morgan fingerprint density at radius 2 is 1.85 bits per heavy atom. The molecule has 2 aliphatic rings. The zero-order valence-electron chi connectivity index (χ0n) is 18.3. The summed E-state index contributed by atoms with van der Waals surface area (Å²) >= 11 is 12.6. The normalized spacial score (nSPS) is 17.0. The number of piperidine rings is 1. The number of amidine groups is 1. The van der Waals surface area contributed by atoms with Gasteiger partial charge in [-0.25, -0.2) is 4.98 Å². The number of benzene rings is 2. The molecular weight excluding hydrogens is 473 g/mol. The first kappa shape index (κ1) is 22.9. The minimum Gasteiger partial charge on any atom is -0.520 e. The number of aliphatic hydroxyl groups excluding tert-OH is 1. The summed E-state index contributed by atoms with van der Waals surface area (Å²) in [5, 5.41) is 16.4. The summed E-state index contributed by atoms with van der Waals surface area (Å²) in [6.45, 7) is 2.71. The highest BCUT2D eigenvalue weighted by molar-refractivity contribution is 6.44. The van der Waals surface area contributed by atoms with Crippen LogP contribution in [0.5, 0.6) is 0 Å². The number of nitrogen functional groups attached to an aromatic ring is 1. The third-order valence-corrected chi connectivity index (χ3v) is 6.89. The molecule has 1 fully saturated rings. The molecule has 8 nitrogen and oxygen atoms in total. The van der Waals surface area contributed by atoms with E-state index >= 15 is 0 Å². The smallest absolute Gasteiger partial charge is 0.139 e. The van der Waals surface area contributed by atoms with Crippen molar-refractivity contribution in [3.63, 3.8) is 0 Å². The number of pyridine rings is 1. The highest BCUT2D eigenvalue weighted by atomic mass is 35.5. The number of aliphatic hydroxyl groups is 1. The van der Waals surface area contributed by atoms with Crippen LogP contribution < -0.4 is 16.3 Å². The Hall–Kier alpha value is -2.88. The van der Waals surface area contributed by atoms with Gasteiger partial charge in [0.15, 0.2) is 0 Å². The number of hydrazine groups is 1. The van der Waals surface area contributed by atoms with Gasteiger partial charge < -0.3 is 21.5 Å². The van der Waals surface area contributed by atoms with Crippen LogP contribution in [0, 0.1) is 0 Å². The van der Waals surface area contributed by atoms with Crippen molar-refractivity contribution in [2.45, 2.75) is 25.5 Å². The Morgan fingerprint density at radius 3 is 2.62 bits per heavy atom. The summed E-state index contributed by atoms with van der Waals surface area (Å²) in [4.78, 5) is 6.77. The maximum Gasteiger partial charge on any atom is 0.139 e. The predicted molar refractivity (Wildman–Crippen MR) is 137 cm³/mol. The molecule has 3 heterocycles. The van der Waals surface area contributed by atoms with Crippen LogP contribution in [0.4, 0.5) is 11.5 Å². The van der Waals surface area contributed by atoms with Gasteiger partial charge in [0.1, 0.15) is 11.7 Å². The molecule has 34 heavy (non-hydrogen) atoms. The molecule has 0 bridgehead atoms. The molecular formula is C24H24Cl2N7O-. The summed E-state index contributed by atoms with van der Waals surface area (Å²) in [5.41, 5.74) is 17.4. The fourth-order valence-corrected chi connectivity index (χ4v) is 4.54. The van der Waals surface area contributed by atoms with E-state index in [0.29, 0.717) is 32.9 Å². The van der Waals surface area contributed by atoms with Gasteiger partial charge in [0.25, 0.3) is 0 Å². The quantitative estimate of drug-likeness (QED) is 0.477. The highest BCUT2D eigenvalue weighted by Gasteiger charge is 2.22. The van der Waals surface area contributed by atoms with Crippen LogP contribution in [0.25, 0.3) is 16.7 Å². The third kappa shape index (κ3) is 4.68. The zero-order chi connectivity index (χ0) is 23.7. The van der Waals surface area contributed by atoms with E-state index in [1.807, 2.05) is 12.1 Å². The molecule has 0 amide bonds. The molecule has 0 spiro atoms. The van der Waals surface area contributed by atoms with E-state index < -0.39 is 0 Å². The van der Waals surface area contributed by atoms with Gasteiger partial charge in [-0.2, -0.15) is 0 Å². The fourth-order valence-electron chi connectivity index (χ4n) is 4.16. The Balaban J connectivity index is 1.38. The van der Waals surface area contributed by atoms with Crippen molar-refractivity contribution >= 4 is 40.5 Å². The third-order valence-electron chi connectivity index (χ3n) is 6.08. The van der Waals surface area contributed by atoms with E-state index in [9.17, 15) is 5.11 Å². The minimum atomic E-state index is -0.163. The van der Waals surface area contributed by atoms with E-state index in [2.05, 4.69) is 50.3 Å². The summed E-state index contributed by atoms with van der Waals surface area (Å²) in [6, 6.07) is 15.7. The molecule has 2 aliphatic heterocycles. The van der Waals surface area contributed by atoms with Gasteiger partial charge >= 0.3 is 0 Å². The SMILES string of the molecule is Nc1ncc(-c2ccc(CN3CCC(O)CC3)cc2)cc1C1=N[N-]NN1c1cccc(Cl)c1Cl. The number of nitrogens with one attached hydrogen (secondary N) is 1. The molecule has 0 saturated carbocycles. The number of rotatable bonds is 5. The monoisotopic (exact) mass is 496 g/mol. The topological polar surface area (TPSA) is 104 Å². The highest BCUT2D eigenvalue weighted by Crippen LogP contribution is 2.35. The van der Waals surface area contributed by atoms with Crippen LogP contribution in [0.3, 0.4) is 0 Å². The van der Waals surface area contributed by atoms with Crippen molar-refractivity contribution in [2.24, 2.45) is 5.10 Å². The Kier molecular flexibility index (Phi) is 6.58. The molecule has 1 aromatic heterocycles. The van der Waals surface area contributed by atoms with Crippen molar-refractivity contribution in [2.75, 3.05) is 23.8 Å². The van der Waals surface area contributed by atoms with Crippen molar-refractivity contribution in [3.05, 3.63) is 81.4 Å². The second kappa shape index (κ2) is 9.77. The lowest BCUT2D eigenvalue weighted by molar-refractivity contribution is 0.0792. The predicted octanol–water partition coefficient (Wildman–Crippen LogP) is 4.57. The van der Waals surface area contributed by atoms with Crippen LogP contribution >= 0.6 is 23.2 Å². The van der Waals surface area contributed by atoms with Gasteiger partial charge in [-0.3, -0.25) is 15.4 Å². The average molecular weight is 497 g/mol. The molecule has 10 heteroatoms. The second-order valence-electron chi connectivity index (χ2n) is 8.39. The van der Waals surface area contributed by atoms with Crippen molar-refractivity contribution in [3.8, 4) is 11.1 Å². The van der Waals surface area contributed by atoms with Crippen LogP contribution in [0.1, 0.15) is 24.0 Å². The Bertz CT molecular complexity index is 1210. The zero-order valence-corrected chi connectivity index (χ0v) is 19.8. The van der Waals surface area contributed by atoms with Gasteiger partial charge in [-0.15, -0.1) is 0 Å². The molecule has 0 aliphatic carbocycles. The van der Waals surface area contributed by atoms with Crippen LogP contribution in [0.15, 0.2) is 59.8 Å². The number of likely N-dealkylation sites (tertiary alicyclic amines) is 1. The number of aromatic nitrogens is 1. The molecule has 0 unspecified atom stereocenters. The summed E-state index contributed by atoms with van der Waals surface area (Å²) in [5.74, 6) is 0.799. The van der Waals surface area contributed by atoms with Crippen molar-refractivity contribution < 1.29 is 5.11 Å². The molecule has 176 valence electrons. The summed E-state index contributed by atoms with van der Waals surface area (Å²) < 4.78 is 0. The fraction of sp³-hybridized carbons (Fsp3) is 0.250. The number of anilines is 2. The van der Waals surface area contributed by atoms with Gasteiger partial charge in [0.2, 0.25) is 0 Å². The van der Waals surface area contributed by atoms with E-state index in [-0.39, 0.29) is 6.10 Å². The average Bonchev–Trinajstić information content (AvgIpc) is 3.33. The lowest BCUT2D eigenvalue weighted by Gasteiger charge is -2.29. The number of halogens is 2. The first-order valence-electron chi connectivity index (χ1n) is 11.0. The van der Waals surface area contributed by atoms with E-state index in [4.69, 9.17) is 28.9 Å². The van der Waals surface area contributed by atoms with Crippen LogP contribution in [-0.2, 0) is 6.54 Å². The first-order valence-corrected chi connectivity index (χ1v) is 11.8. The lowest BCUT2D eigenvalue weighted by atomic mass is 10.0. The maximum absolute atomic E-state index is 9.71. The Morgan fingerprint density at radius 1 is 1.09 bits per heavy atom. The van der Waals surface area contributed by atoms with E-state index in [0.717, 1.165) is 43.6 Å². The molecule has 5 rings (SSSR count). The van der Waals surface area contributed by atoms with Gasteiger partial charge in [0.05, 0.1) is 27.4 Å². The second-order valence-corrected chi connectivity index (χ2v) is 9.18. The molecule has 2 aromatic carbocycles. The largest absolute Gasteiger partial charge is 0.520 e.